The average molecular weight is 364 g/mol. The molecule has 3 unspecified atom stereocenters. The molecule has 6 heteroatoms. The summed E-state index contributed by atoms with van der Waals surface area (Å²) in [5, 5.41) is 13.2. The largest absolute Gasteiger partial charge is 0.389 e. The Bertz CT molecular complexity index is 526. The van der Waals surface area contributed by atoms with Gasteiger partial charge in [-0.3, -0.25) is 9.69 Å². The number of carbonyl (C=O) groups excluding carboxylic acids is 1. The van der Waals surface area contributed by atoms with Crippen LogP contribution in [0.25, 0.3) is 0 Å². The van der Waals surface area contributed by atoms with Crippen molar-refractivity contribution in [2.24, 2.45) is 5.92 Å². The van der Waals surface area contributed by atoms with Crippen molar-refractivity contribution < 1.29 is 19.4 Å². The van der Waals surface area contributed by atoms with Gasteiger partial charge in [-0.15, -0.1) is 0 Å². The second-order valence-corrected chi connectivity index (χ2v) is 7.02. The summed E-state index contributed by atoms with van der Waals surface area (Å²) in [6.07, 6.45) is 1.29. The van der Waals surface area contributed by atoms with Gasteiger partial charge in [-0.2, -0.15) is 0 Å². The van der Waals surface area contributed by atoms with Crippen molar-refractivity contribution in [3.05, 3.63) is 35.9 Å². The van der Waals surface area contributed by atoms with Crippen molar-refractivity contribution in [1.82, 2.24) is 10.2 Å². The Hall–Kier alpha value is -1.47. The van der Waals surface area contributed by atoms with Crippen LogP contribution in [-0.4, -0.2) is 68.0 Å². The van der Waals surface area contributed by atoms with Crippen LogP contribution in [0, 0.1) is 5.92 Å². The summed E-state index contributed by atoms with van der Waals surface area (Å²) in [6.45, 7) is 5.21. The summed E-state index contributed by atoms with van der Waals surface area (Å²) in [7, 11) is 1.62. The maximum Gasteiger partial charge on any atom is 0.224 e. The van der Waals surface area contributed by atoms with Crippen molar-refractivity contribution >= 4 is 5.91 Å². The quantitative estimate of drug-likeness (QED) is 0.615. The Labute approximate surface area is 156 Å². The van der Waals surface area contributed by atoms with Crippen LogP contribution in [0.3, 0.4) is 0 Å². The molecule has 1 aromatic carbocycles. The third-order valence-corrected chi connectivity index (χ3v) is 4.85. The third-order valence-electron chi connectivity index (χ3n) is 4.85. The predicted octanol–water partition coefficient (Wildman–Crippen LogP) is 1.43. The molecule has 6 nitrogen and oxygen atoms in total. The molecule has 1 aliphatic heterocycles. The summed E-state index contributed by atoms with van der Waals surface area (Å²) >= 11 is 0. The van der Waals surface area contributed by atoms with E-state index in [2.05, 4.69) is 17.1 Å². The van der Waals surface area contributed by atoms with E-state index in [1.165, 1.54) is 0 Å². The number of benzene rings is 1. The predicted molar refractivity (Wildman–Crippen MR) is 101 cm³/mol. The van der Waals surface area contributed by atoms with E-state index in [0.717, 1.165) is 18.4 Å². The molecule has 26 heavy (non-hydrogen) atoms. The smallest absolute Gasteiger partial charge is 0.224 e. The molecule has 1 saturated heterocycles. The minimum atomic E-state index is -0.559. The molecule has 1 heterocycles. The minimum absolute atomic E-state index is 0.0273. The number of aliphatic hydroxyl groups is 1. The van der Waals surface area contributed by atoms with Crippen LogP contribution in [0.5, 0.6) is 0 Å². The molecule has 3 atom stereocenters. The van der Waals surface area contributed by atoms with E-state index in [4.69, 9.17) is 9.47 Å². The lowest BCUT2D eigenvalue weighted by molar-refractivity contribution is -0.127. The van der Waals surface area contributed by atoms with Gasteiger partial charge in [0.2, 0.25) is 5.91 Å². The lowest BCUT2D eigenvalue weighted by Gasteiger charge is -2.38. The Kier molecular flexibility index (Phi) is 9.05. The zero-order valence-corrected chi connectivity index (χ0v) is 15.9. The van der Waals surface area contributed by atoms with Gasteiger partial charge in [0, 0.05) is 32.8 Å². The van der Waals surface area contributed by atoms with E-state index in [1.54, 1.807) is 7.11 Å². The minimum Gasteiger partial charge on any atom is -0.389 e. The van der Waals surface area contributed by atoms with Gasteiger partial charge in [0.05, 0.1) is 31.8 Å². The van der Waals surface area contributed by atoms with Crippen LogP contribution in [0.4, 0.5) is 0 Å². The van der Waals surface area contributed by atoms with Crippen molar-refractivity contribution in [3.63, 3.8) is 0 Å². The van der Waals surface area contributed by atoms with Gasteiger partial charge in [-0.05, 0) is 25.3 Å². The van der Waals surface area contributed by atoms with Gasteiger partial charge in [-0.25, -0.2) is 0 Å². The number of carbonyl (C=O) groups is 1. The highest BCUT2D eigenvalue weighted by molar-refractivity contribution is 5.78. The van der Waals surface area contributed by atoms with E-state index in [9.17, 15) is 9.90 Å². The summed E-state index contributed by atoms with van der Waals surface area (Å²) in [6, 6.07) is 10.3. The second-order valence-electron chi connectivity index (χ2n) is 7.02. The molecule has 1 amide bonds. The number of nitrogens with one attached hydrogen (secondary N) is 1. The lowest BCUT2D eigenvalue weighted by atomic mass is 9.92. The third kappa shape index (κ3) is 7.03. The molecule has 0 aliphatic carbocycles. The monoisotopic (exact) mass is 364 g/mol. The van der Waals surface area contributed by atoms with Gasteiger partial charge < -0.3 is 19.9 Å². The van der Waals surface area contributed by atoms with Crippen molar-refractivity contribution in [3.8, 4) is 0 Å². The standard InChI is InChI=1S/C20H32N2O4/c1-16-8-9-18(20(24)21-10-11-25-2)12-22(16)13-19(23)15-26-14-17-6-4-3-5-7-17/h3-7,16,18-19,23H,8-15H2,1-2H3,(H,21,24). The van der Waals surface area contributed by atoms with Crippen LogP contribution in [0.1, 0.15) is 25.3 Å². The number of likely N-dealkylation sites (tertiary alicyclic amines) is 1. The molecule has 0 radical (unpaired) electrons. The molecule has 1 fully saturated rings. The van der Waals surface area contributed by atoms with Gasteiger partial charge in [0.1, 0.15) is 0 Å². The number of ether oxygens (including phenoxy) is 2. The molecule has 1 aromatic rings. The summed E-state index contributed by atoms with van der Waals surface area (Å²) in [5.41, 5.74) is 1.10. The average Bonchev–Trinajstić information content (AvgIpc) is 2.64. The molecule has 0 spiro atoms. The van der Waals surface area contributed by atoms with Crippen LogP contribution in [0.15, 0.2) is 30.3 Å². The van der Waals surface area contributed by atoms with Crippen molar-refractivity contribution in [1.29, 1.82) is 0 Å². The van der Waals surface area contributed by atoms with Gasteiger partial charge in [0.15, 0.2) is 0 Å². The Morgan fingerprint density at radius 2 is 2.12 bits per heavy atom. The maximum atomic E-state index is 12.3. The first kappa shape index (κ1) is 20.8. The number of hydrogen-bond donors (Lipinski definition) is 2. The molecular weight excluding hydrogens is 332 g/mol. The van der Waals surface area contributed by atoms with Crippen LogP contribution in [-0.2, 0) is 20.9 Å². The van der Waals surface area contributed by atoms with E-state index < -0.39 is 6.10 Å². The summed E-state index contributed by atoms with van der Waals surface area (Å²) in [5.74, 6) is 0.0502. The number of nitrogens with zero attached hydrogens (tertiary/aromatic N) is 1. The lowest BCUT2D eigenvalue weighted by Crippen LogP contribution is -2.50. The number of rotatable bonds is 10. The topological polar surface area (TPSA) is 71.0 Å². The SMILES string of the molecule is COCCNC(=O)C1CCC(C)N(CC(O)COCc2ccccc2)C1. The number of aliphatic hydroxyl groups excluding tert-OH is 1. The van der Waals surface area contributed by atoms with Crippen LogP contribution < -0.4 is 5.32 Å². The van der Waals surface area contributed by atoms with E-state index in [-0.39, 0.29) is 11.8 Å². The molecule has 146 valence electrons. The van der Waals surface area contributed by atoms with Crippen molar-refractivity contribution in [2.45, 2.75) is 38.5 Å². The molecule has 1 aliphatic rings. The first-order chi connectivity index (χ1) is 12.6. The number of β-amino-alcohol motifs (C(OH)–C–C–N with tert-alkyl or cyclic N) is 1. The first-order valence-corrected chi connectivity index (χ1v) is 9.40. The van der Waals surface area contributed by atoms with Gasteiger partial charge >= 0.3 is 0 Å². The van der Waals surface area contributed by atoms with Gasteiger partial charge in [-0.1, -0.05) is 30.3 Å². The molecule has 2 N–H and O–H groups in total. The molecular formula is C20H32N2O4. The molecule has 2 rings (SSSR count). The van der Waals surface area contributed by atoms with E-state index in [1.807, 2.05) is 30.3 Å². The molecule has 0 aromatic heterocycles. The normalized spacial score (nSPS) is 22.1. The fraction of sp³-hybridized carbons (Fsp3) is 0.650. The van der Waals surface area contributed by atoms with Crippen molar-refractivity contribution in [2.75, 3.05) is 40.0 Å². The zero-order valence-electron chi connectivity index (χ0n) is 15.9. The molecule has 0 saturated carbocycles. The first-order valence-electron chi connectivity index (χ1n) is 9.40. The second kappa shape index (κ2) is 11.3. The molecule has 0 bridgehead atoms. The highest BCUT2D eigenvalue weighted by Gasteiger charge is 2.30. The number of hydrogen-bond acceptors (Lipinski definition) is 5. The van der Waals surface area contributed by atoms with Gasteiger partial charge in [0.25, 0.3) is 0 Å². The Morgan fingerprint density at radius 1 is 1.35 bits per heavy atom. The Balaban J connectivity index is 1.72. The van der Waals surface area contributed by atoms with E-state index >= 15 is 0 Å². The van der Waals surface area contributed by atoms with Crippen LogP contribution in [0.2, 0.25) is 0 Å². The van der Waals surface area contributed by atoms with Crippen LogP contribution >= 0.6 is 0 Å². The number of methoxy groups -OCH3 is 1. The highest BCUT2D eigenvalue weighted by Crippen LogP contribution is 2.22. The maximum absolute atomic E-state index is 12.3. The fourth-order valence-electron chi connectivity index (χ4n) is 3.28. The number of amides is 1. The summed E-state index contributed by atoms with van der Waals surface area (Å²) < 4.78 is 10.6. The Morgan fingerprint density at radius 3 is 2.85 bits per heavy atom. The fourth-order valence-corrected chi connectivity index (χ4v) is 3.28. The zero-order chi connectivity index (χ0) is 18.8. The number of piperidine rings is 1. The summed E-state index contributed by atoms with van der Waals surface area (Å²) in [4.78, 5) is 14.5. The highest BCUT2D eigenvalue weighted by atomic mass is 16.5. The van der Waals surface area contributed by atoms with E-state index in [0.29, 0.717) is 45.5 Å².